The first kappa shape index (κ1) is 15.0. The summed E-state index contributed by atoms with van der Waals surface area (Å²) in [4.78, 5) is 22.2. The van der Waals surface area contributed by atoms with Crippen LogP contribution in [-0.4, -0.2) is 34.2 Å². The van der Waals surface area contributed by atoms with Gasteiger partial charge in [-0.15, -0.1) is 0 Å². The Morgan fingerprint density at radius 2 is 1.68 bits per heavy atom. The molecule has 1 aromatic rings. The lowest BCUT2D eigenvalue weighted by molar-refractivity contribution is -0.141. The number of aliphatic hydroxyl groups is 1. The van der Waals surface area contributed by atoms with Gasteiger partial charge in [-0.25, -0.2) is 18.0 Å². The van der Waals surface area contributed by atoms with Crippen molar-refractivity contribution in [3.63, 3.8) is 0 Å². The highest BCUT2D eigenvalue weighted by molar-refractivity contribution is 5.97. The van der Waals surface area contributed by atoms with Crippen LogP contribution in [0.2, 0.25) is 0 Å². The van der Waals surface area contributed by atoms with E-state index in [1.807, 2.05) is 0 Å². The Morgan fingerprint density at radius 3 is 2.05 bits per heavy atom. The van der Waals surface area contributed by atoms with Crippen LogP contribution in [0, 0.1) is 17.5 Å². The van der Waals surface area contributed by atoms with Crippen LogP contribution in [-0.2, 0) is 4.79 Å². The number of hydrogen-bond acceptors (Lipinski definition) is 3. The van der Waals surface area contributed by atoms with Crippen molar-refractivity contribution in [1.29, 1.82) is 0 Å². The second-order valence-electron chi connectivity index (χ2n) is 3.77. The Hall–Kier alpha value is -2.09. The van der Waals surface area contributed by atoms with Crippen molar-refractivity contribution in [2.45, 2.75) is 19.1 Å². The molecule has 3 N–H and O–H groups in total. The van der Waals surface area contributed by atoms with Gasteiger partial charge >= 0.3 is 5.97 Å². The molecule has 0 saturated carbocycles. The number of carboxylic acids is 1. The molecule has 0 saturated heterocycles. The highest BCUT2D eigenvalue weighted by atomic mass is 19.1. The number of benzene rings is 1. The Balaban J connectivity index is 3.05. The third-order valence-corrected chi connectivity index (χ3v) is 2.27. The fraction of sp³-hybridized carbons (Fsp3) is 0.273. The van der Waals surface area contributed by atoms with Crippen molar-refractivity contribution in [2.24, 2.45) is 0 Å². The summed E-state index contributed by atoms with van der Waals surface area (Å²) >= 11 is 0. The monoisotopic (exact) mass is 277 g/mol. The standard InChI is InChI=1S/C11H10F3NO4/c1-4(16)9(11(18)19)15-10(17)8-6(13)2-5(12)3-7(8)14/h2-4,9,16H,1H3,(H,15,17)(H,18,19). The van der Waals surface area contributed by atoms with Gasteiger partial charge in [0.2, 0.25) is 0 Å². The number of aliphatic hydroxyl groups excluding tert-OH is 1. The zero-order chi connectivity index (χ0) is 14.7. The van der Waals surface area contributed by atoms with Gasteiger partial charge in [-0.3, -0.25) is 4.79 Å². The summed E-state index contributed by atoms with van der Waals surface area (Å²) in [7, 11) is 0. The minimum atomic E-state index is -1.74. The maximum atomic E-state index is 13.3. The molecule has 19 heavy (non-hydrogen) atoms. The number of halogens is 3. The van der Waals surface area contributed by atoms with E-state index in [0.717, 1.165) is 6.92 Å². The van der Waals surface area contributed by atoms with Crippen LogP contribution >= 0.6 is 0 Å². The summed E-state index contributed by atoms with van der Waals surface area (Å²) < 4.78 is 39.2. The van der Waals surface area contributed by atoms with E-state index < -0.39 is 47.0 Å². The molecule has 0 aliphatic carbocycles. The van der Waals surface area contributed by atoms with Crippen molar-refractivity contribution in [3.8, 4) is 0 Å². The molecule has 0 spiro atoms. The number of hydrogen-bond donors (Lipinski definition) is 3. The fourth-order valence-corrected chi connectivity index (χ4v) is 1.36. The van der Waals surface area contributed by atoms with Crippen LogP contribution in [0.15, 0.2) is 12.1 Å². The lowest BCUT2D eigenvalue weighted by Crippen LogP contribution is -2.48. The topological polar surface area (TPSA) is 86.6 Å². The summed E-state index contributed by atoms with van der Waals surface area (Å²) in [6, 6.07) is -1.16. The Kier molecular flexibility index (Phi) is 4.49. The number of rotatable bonds is 4. The number of nitrogens with one attached hydrogen (secondary N) is 1. The molecule has 8 heteroatoms. The number of carboxylic acid groups (broad SMARTS) is 1. The molecule has 5 nitrogen and oxygen atoms in total. The van der Waals surface area contributed by atoms with Crippen molar-refractivity contribution in [3.05, 3.63) is 35.1 Å². The number of amides is 1. The molecule has 0 fully saturated rings. The van der Waals surface area contributed by atoms with Gasteiger partial charge in [0.05, 0.1) is 6.10 Å². The van der Waals surface area contributed by atoms with E-state index in [1.165, 1.54) is 0 Å². The zero-order valence-electron chi connectivity index (χ0n) is 9.65. The third kappa shape index (κ3) is 3.44. The Labute approximate surface area is 105 Å². The van der Waals surface area contributed by atoms with Crippen molar-refractivity contribution in [1.82, 2.24) is 5.32 Å². The van der Waals surface area contributed by atoms with Gasteiger partial charge in [0.15, 0.2) is 6.04 Å². The molecule has 104 valence electrons. The van der Waals surface area contributed by atoms with Crippen LogP contribution in [0.1, 0.15) is 17.3 Å². The molecule has 1 aromatic carbocycles. The van der Waals surface area contributed by atoms with E-state index in [1.54, 1.807) is 5.32 Å². The van der Waals surface area contributed by atoms with Gasteiger partial charge in [-0.2, -0.15) is 0 Å². The SMILES string of the molecule is CC(O)C(NC(=O)c1c(F)cc(F)cc1F)C(=O)O. The Morgan fingerprint density at radius 1 is 1.21 bits per heavy atom. The number of carbonyl (C=O) groups excluding carboxylic acids is 1. The van der Waals surface area contributed by atoms with Crippen LogP contribution < -0.4 is 5.32 Å². The van der Waals surface area contributed by atoms with E-state index in [9.17, 15) is 22.8 Å². The predicted octanol–water partition coefficient (Wildman–Crippen LogP) is 0.668. The molecular weight excluding hydrogens is 267 g/mol. The molecule has 1 rings (SSSR count). The maximum Gasteiger partial charge on any atom is 0.328 e. The molecule has 2 atom stereocenters. The summed E-state index contributed by atoms with van der Waals surface area (Å²) in [5.41, 5.74) is -1.12. The summed E-state index contributed by atoms with van der Waals surface area (Å²) in [6.07, 6.45) is -1.48. The highest BCUT2D eigenvalue weighted by Gasteiger charge is 2.28. The molecule has 0 radical (unpaired) electrons. The largest absolute Gasteiger partial charge is 0.480 e. The van der Waals surface area contributed by atoms with Crippen LogP contribution in [0.3, 0.4) is 0 Å². The first-order chi connectivity index (χ1) is 8.73. The molecule has 0 aliphatic rings. The van der Waals surface area contributed by atoms with Crippen molar-refractivity contribution >= 4 is 11.9 Å². The lowest BCUT2D eigenvalue weighted by Gasteiger charge is -2.17. The van der Waals surface area contributed by atoms with E-state index in [0.29, 0.717) is 0 Å². The average Bonchev–Trinajstić information content (AvgIpc) is 2.23. The van der Waals surface area contributed by atoms with Gasteiger partial charge in [0.1, 0.15) is 23.0 Å². The van der Waals surface area contributed by atoms with Crippen molar-refractivity contribution < 1.29 is 33.0 Å². The van der Waals surface area contributed by atoms with Crippen LogP contribution in [0.4, 0.5) is 13.2 Å². The second-order valence-corrected chi connectivity index (χ2v) is 3.77. The summed E-state index contributed by atoms with van der Waals surface area (Å²) in [5, 5.41) is 19.6. The highest BCUT2D eigenvalue weighted by Crippen LogP contribution is 2.15. The van der Waals surface area contributed by atoms with Crippen molar-refractivity contribution in [2.75, 3.05) is 0 Å². The number of carbonyl (C=O) groups is 2. The predicted molar refractivity (Wildman–Crippen MR) is 56.9 cm³/mol. The van der Waals surface area contributed by atoms with Gasteiger partial charge in [0, 0.05) is 12.1 Å². The molecular formula is C11H10F3NO4. The minimum Gasteiger partial charge on any atom is -0.480 e. The van der Waals surface area contributed by atoms with Gasteiger partial charge in [0.25, 0.3) is 5.91 Å². The second kappa shape index (κ2) is 5.70. The minimum absolute atomic E-state index is 0.288. The van der Waals surface area contributed by atoms with Crippen LogP contribution in [0.5, 0.6) is 0 Å². The van der Waals surface area contributed by atoms with Gasteiger partial charge < -0.3 is 15.5 Å². The maximum absolute atomic E-state index is 13.3. The van der Waals surface area contributed by atoms with E-state index in [4.69, 9.17) is 10.2 Å². The average molecular weight is 277 g/mol. The fourth-order valence-electron chi connectivity index (χ4n) is 1.36. The summed E-state index contributed by atoms with van der Waals surface area (Å²) in [5.74, 6) is -7.12. The molecule has 1 amide bonds. The normalized spacial score (nSPS) is 13.7. The molecule has 0 heterocycles. The summed E-state index contributed by atoms with van der Waals surface area (Å²) in [6.45, 7) is 1.08. The van der Waals surface area contributed by atoms with E-state index in [2.05, 4.69) is 0 Å². The lowest BCUT2D eigenvalue weighted by atomic mass is 10.1. The first-order valence-electron chi connectivity index (χ1n) is 5.10. The smallest absolute Gasteiger partial charge is 0.328 e. The van der Waals surface area contributed by atoms with Gasteiger partial charge in [-0.1, -0.05) is 0 Å². The van der Waals surface area contributed by atoms with Crippen LogP contribution in [0.25, 0.3) is 0 Å². The Bertz CT molecular complexity index is 496. The van der Waals surface area contributed by atoms with Gasteiger partial charge in [-0.05, 0) is 6.92 Å². The number of aliphatic carboxylic acids is 1. The quantitative estimate of drug-likeness (QED) is 0.755. The molecule has 0 aliphatic heterocycles. The third-order valence-electron chi connectivity index (χ3n) is 2.27. The molecule has 2 unspecified atom stereocenters. The van der Waals surface area contributed by atoms with E-state index >= 15 is 0 Å². The zero-order valence-corrected chi connectivity index (χ0v) is 9.65. The molecule has 0 aromatic heterocycles. The first-order valence-corrected chi connectivity index (χ1v) is 5.10. The molecule has 0 bridgehead atoms. The van der Waals surface area contributed by atoms with E-state index in [-0.39, 0.29) is 12.1 Å².